The topological polar surface area (TPSA) is 91.0 Å². The first-order valence-electron chi connectivity index (χ1n) is 11.7. The standard InChI is InChI=1S/C27H28N2O6S/c1-27(2,3)35-26(30)28(4)16-18-13-22(19-9-10-23-21(14-19)11-12-33-23)29(17-18)36(31,32)25-15-20-7-5-6-8-24(20)34-25/h5-10,13-15,17H,11-12,16H2,1-4H3. The molecule has 0 bridgehead atoms. The van der Waals surface area contributed by atoms with E-state index in [1.807, 2.05) is 24.3 Å². The summed E-state index contributed by atoms with van der Waals surface area (Å²) in [4.78, 5) is 13.9. The molecule has 9 heteroatoms. The van der Waals surface area contributed by atoms with Gasteiger partial charge in [0.25, 0.3) is 0 Å². The highest BCUT2D eigenvalue weighted by Gasteiger charge is 2.27. The Morgan fingerprint density at radius 1 is 1.11 bits per heavy atom. The Morgan fingerprint density at radius 3 is 2.64 bits per heavy atom. The molecule has 188 valence electrons. The van der Waals surface area contributed by atoms with Crippen molar-refractivity contribution in [3.63, 3.8) is 0 Å². The second-order valence-electron chi connectivity index (χ2n) is 9.90. The van der Waals surface area contributed by atoms with E-state index in [0.717, 1.165) is 23.3 Å². The Hall–Kier alpha value is -3.72. The predicted molar refractivity (Wildman–Crippen MR) is 136 cm³/mol. The summed E-state index contributed by atoms with van der Waals surface area (Å²) in [7, 11) is -2.46. The number of hydrogen-bond donors (Lipinski definition) is 0. The van der Waals surface area contributed by atoms with Crippen LogP contribution in [-0.4, -0.2) is 42.6 Å². The maximum absolute atomic E-state index is 13.8. The van der Waals surface area contributed by atoms with Gasteiger partial charge in [0.1, 0.15) is 16.9 Å². The Balaban J connectivity index is 1.57. The number of amides is 1. The summed E-state index contributed by atoms with van der Waals surface area (Å²) in [6.07, 6.45) is 1.79. The Bertz CT molecular complexity index is 1530. The van der Waals surface area contributed by atoms with Gasteiger partial charge < -0.3 is 18.8 Å². The van der Waals surface area contributed by atoms with Crippen molar-refractivity contribution in [1.82, 2.24) is 8.87 Å². The van der Waals surface area contributed by atoms with Crippen molar-refractivity contribution in [3.05, 3.63) is 71.9 Å². The number of furan rings is 1. The van der Waals surface area contributed by atoms with Crippen LogP contribution in [0.4, 0.5) is 4.79 Å². The third-order valence-corrected chi connectivity index (χ3v) is 7.40. The third kappa shape index (κ3) is 4.58. The fraction of sp³-hybridized carbons (Fsp3) is 0.296. The van der Waals surface area contributed by atoms with Crippen LogP contribution in [0.5, 0.6) is 5.75 Å². The van der Waals surface area contributed by atoms with E-state index in [-0.39, 0.29) is 11.6 Å². The number of carbonyl (C=O) groups is 1. The van der Waals surface area contributed by atoms with E-state index >= 15 is 0 Å². The monoisotopic (exact) mass is 508 g/mol. The van der Waals surface area contributed by atoms with E-state index in [4.69, 9.17) is 13.9 Å². The number of aromatic nitrogens is 1. The fourth-order valence-corrected chi connectivity index (χ4v) is 5.55. The second-order valence-corrected chi connectivity index (χ2v) is 11.6. The zero-order valence-corrected chi connectivity index (χ0v) is 21.5. The van der Waals surface area contributed by atoms with Gasteiger partial charge in [0.15, 0.2) is 0 Å². The molecule has 1 aliphatic rings. The molecular weight excluding hydrogens is 480 g/mol. The molecule has 0 unspecified atom stereocenters. The molecule has 0 radical (unpaired) electrons. The lowest BCUT2D eigenvalue weighted by Crippen LogP contribution is -2.33. The molecule has 0 spiro atoms. The highest BCUT2D eigenvalue weighted by Crippen LogP contribution is 2.34. The van der Waals surface area contributed by atoms with Gasteiger partial charge in [0.05, 0.1) is 18.8 Å². The molecule has 4 aromatic rings. The molecule has 1 amide bonds. The molecule has 2 aromatic heterocycles. The lowest BCUT2D eigenvalue weighted by atomic mass is 10.1. The molecule has 0 atom stereocenters. The van der Waals surface area contributed by atoms with Crippen molar-refractivity contribution in [1.29, 1.82) is 0 Å². The van der Waals surface area contributed by atoms with Crippen molar-refractivity contribution in [3.8, 4) is 17.0 Å². The predicted octanol–water partition coefficient (Wildman–Crippen LogP) is 5.44. The van der Waals surface area contributed by atoms with Gasteiger partial charge in [0, 0.05) is 31.1 Å². The van der Waals surface area contributed by atoms with Crippen molar-refractivity contribution >= 4 is 27.1 Å². The highest BCUT2D eigenvalue weighted by molar-refractivity contribution is 7.89. The molecule has 0 N–H and O–H groups in total. The summed E-state index contributed by atoms with van der Waals surface area (Å²) >= 11 is 0. The number of fused-ring (bicyclic) bond motifs is 2. The van der Waals surface area contributed by atoms with Crippen LogP contribution >= 0.6 is 0 Å². The summed E-state index contributed by atoms with van der Waals surface area (Å²) in [5.74, 6) is 0.807. The van der Waals surface area contributed by atoms with Gasteiger partial charge in [-0.15, -0.1) is 0 Å². The highest BCUT2D eigenvalue weighted by atomic mass is 32.2. The van der Waals surface area contributed by atoms with Crippen molar-refractivity contribution < 1.29 is 27.1 Å². The van der Waals surface area contributed by atoms with Gasteiger partial charge in [-0.2, -0.15) is 8.42 Å². The second kappa shape index (κ2) is 8.74. The molecule has 0 saturated carbocycles. The number of benzene rings is 2. The minimum Gasteiger partial charge on any atom is -0.493 e. The first-order chi connectivity index (χ1) is 17.0. The number of ether oxygens (including phenoxy) is 2. The molecule has 5 rings (SSSR count). The largest absolute Gasteiger partial charge is 0.493 e. The summed E-state index contributed by atoms with van der Waals surface area (Å²) in [6, 6.07) is 16.1. The van der Waals surface area contributed by atoms with Gasteiger partial charge in [-0.3, -0.25) is 0 Å². The van der Waals surface area contributed by atoms with Gasteiger partial charge in [0.2, 0.25) is 5.09 Å². The van der Waals surface area contributed by atoms with Gasteiger partial charge in [-0.25, -0.2) is 8.77 Å². The van der Waals surface area contributed by atoms with Crippen molar-refractivity contribution in [2.45, 2.75) is 44.4 Å². The van der Waals surface area contributed by atoms with Crippen LogP contribution in [0.15, 0.2) is 70.3 Å². The average molecular weight is 509 g/mol. The smallest absolute Gasteiger partial charge is 0.410 e. The van der Waals surface area contributed by atoms with E-state index in [1.54, 1.807) is 52.1 Å². The summed E-state index contributed by atoms with van der Waals surface area (Å²) in [5.41, 5.74) is 2.70. The molecule has 0 fully saturated rings. The van der Waals surface area contributed by atoms with Gasteiger partial charge >= 0.3 is 16.1 Å². The molecule has 2 aromatic carbocycles. The number of para-hydroxylation sites is 1. The van der Waals surface area contributed by atoms with E-state index in [0.29, 0.717) is 28.8 Å². The molecule has 0 saturated heterocycles. The quantitative estimate of drug-likeness (QED) is 0.357. The molecule has 3 heterocycles. The lowest BCUT2D eigenvalue weighted by Gasteiger charge is -2.24. The van der Waals surface area contributed by atoms with Crippen LogP contribution in [0.25, 0.3) is 22.2 Å². The first kappa shape index (κ1) is 24.0. The SMILES string of the molecule is CN(Cc1cc(-c2ccc3c(c2)CCO3)n(S(=O)(=O)c2cc3ccccc3o2)c1)C(=O)OC(C)(C)C. The number of rotatable bonds is 5. The maximum Gasteiger partial charge on any atom is 0.410 e. The van der Waals surface area contributed by atoms with Crippen molar-refractivity contribution in [2.24, 2.45) is 0 Å². The molecular formula is C27H28N2O6S. The molecule has 36 heavy (non-hydrogen) atoms. The minimum absolute atomic E-state index is 0.155. The summed E-state index contributed by atoms with van der Waals surface area (Å²) in [6.45, 7) is 6.15. The maximum atomic E-state index is 13.8. The lowest BCUT2D eigenvalue weighted by molar-refractivity contribution is 0.0285. The van der Waals surface area contributed by atoms with Crippen LogP contribution in [0.1, 0.15) is 31.9 Å². The number of hydrogen-bond acceptors (Lipinski definition) is 6. The van der Waals surface area contributed by atoms with Crippen molar-refractivity contribution in [2.75, 3.05) is 13.7 Å². The zero-order valence-electron chi connectivity index (χ0n) is 20.6. The van der Waals surface area contributed by atoms with E-state index in [2.05, 4.69) is 0 Å². The fourth-order valence-electron chi connectivity index (χ4n) is 4.20. The van der Waals surface area contributed by atoms with Crippen LogP contribution in [0.3, 0.4) is 0 Å². The molecule has 1 aliphatic heterocycles. The Labute approximate surface area is 210 Å². The summed E-state index contributed by atoms with van der Waals surface area (Å²) < 4.78 is 45.6. The van der Waals surface area contributed by atoms with E-state index in [1.165, 1.54) is 21.1 Å². The number of nitrogens with zero attached hydrogens (tertiary/aromatic N) is 2. The van der Waals surface area contributed by atoms with Crippen LogP contribution in [0.2, 0.25) is 0 Å². The molecule has 8 nitrogen and oxygen atoms in total. The van der Waals surface area contributed by atoms with Gasteiger partial charge in [-0.05, 0) is 67.8 Å². The Kier molecular flexibility index (Phi) is 5.83. The Morgan fingerprint density at radius 2 is 1.89 bits per heavy atom. The number of carbonyl (C=O) groups excluding carboxylic acids is 1. The third-order valence-electron chi connectivity index (χ3n) is 5.87. The van der Waals surface area contributed by atoms with Crippen LogP contribution in [-0.2, 0) is 27.7 Å². The van der Waals surface area contributed by atoms with Gasteiger partial charge in [-0.1, -0.05) is 18.2 Å². The van der Waals surface area contributed by atoms with E-state index < -0.39 is 21.7 Å². The van der Waals surface area contributed by atoms with Crippen LogP contribution < -0.4 is 4.74 Å². The first-order valence-corrected chi connectivity index (χ1v) is 13.1. The zero-order chi connectivity index (χ0) is 25.7. The van der Waals surface area contributed by atoms with E-state index in [9.17, 15) is 13.2 Å². The van der Waals surface area contributed by atoms with Crippen LogP contribution in [0, 0.1) is 0 Å². The summed E-state index contributed by atoms with van der Waals surface area (Å²) in [5, 5.41) is 0.543. The normalized spacial score (nSPS) is 13.4. The average Bonchev–Trinajstić information content (AvgIpc) is 3.55. The minimum atomic E-state index is -4.07. The molecule has 0 aliphatic carbocycles.